The molecule has 1 amide bonds. The van der Waals surface area contributed by atoms with Crippen LogP contribution in [0, 0.1) is 0 Å². The van der Waals surface area contributed by atoms with Crippen LogP contribution in [-0.4, -0.2) is 59.0 Å². The Kier molecular flexibility index (Phi) is 5.51. The number of aliphatic carboxylic acids is 1. The number of benzene rings is 1. The maximum atomic E-state index is 13.1. The van der Waals surface area contributed by atoms with Gasteiger partial charge in [0.25, 0.3) is 5.91 Å². The molecule has 2 aliphatic rings. The van der Waals surface area contributed by atoms with Gasteiger partial charge in [-0.1, -0.05) is 31.2 Å². The highest BCUT2D eigenvalue weighted by molar-refractivity contribution is 7.17. The van der Waals surface area contributed by atoms with Crippen molar-refractivity contribution >= 4 is 23.2 Å². The summed E-state index contributed by atoms with van der Waals surface area (Å²) in [6, 6.07) is 10.8. The molecule has 4 rings (SSSR count). The number of carbonyl (C=O) groups is 2. The van der Waals surface area contributed by atoms with Crippen molar-refractivity contribution in [3.8, 4) is 10.4 Å². The van der Waals surface area contributed by atoms with E-state index < -0.39 is 5.97 Å². The first-order valence-electron chi connectivity index (χ1n) is 10.0. The van der Waals surface area contributed by atoms with Crippen LogP contribution in [-0.2, 0) is 17.6 Å². The highest BCUT2D eigenvalue weighted by Gasteiger charge is 2.29. The third-order valence-corrected chi connectivity index (χ3v) is 7.16. The summed E-state index contributed by atoms with van der Waals surface area (Å²) in [5, 5.41) is 9.08. The second-order valence-electron chi connectivity index (χ2n) is 7.60. The Balaban J connectivity index is 1.45. The molecule has 1 aliphatic carbocycles. The molecule has 0 radical (unpaired) electrons. The predicted octanol–water partition coefficient (Wildman–Crippen LogP) is 3.52. The molecule has 1 N–H and O–H groups in total. The molecule has 6 heteroatoms. The molecule has 0 saturated carbocycles. The lowest BCUT2D eigenvalue weighted by Crippen LogP contribution is -2.48. The van der Waals surface area contributed by atoms with E-state index in [0.29, 0.717) is 13.1 Å². The van der Waals surface area contributed by atoms with Crippen molar-refractivity contribution in [3.05, 3.63) is 46.3 Å². The zero-order valence-electron chi connectivity index (χ0n) is 16.2. The zero-order chi connectivity index (χ0) is 19.7. The molecule has 1 fully saturated rings. The maximum Gasteiger partial charge on any atom is 0.317 e. The first kappa shape index (κ1) is 19.2. The third kappa shape index (κ3) is 3.71. The van der Waals surface area contributed by atoms with Crippen LogP contribution in [0.3, 0.4) is 0 Å². The average molecular weight is 399 g/mol. The summed E-state index contributed by atoms with van der Waals surface area (Å²) in [6.07, 6.45) is 3.70. The number of likely N-dealkylation sites (N-methyl/N-ethyl adjacent to an activating group) is 1. The normalized spacial score (nSPS) is 16.7. The largest absolute Gasteiger partial charge is 0.480 e. The van der Waals surface area contributed by atoms with E-state index in [1.165, 1.54) is 21.6 Å². The topological polar surface area (TPSA) is 60.9 Å². The second kappa shape index (κ2) is 8.05. The van der Waals surface area contributed by atoms with Crippen LogP contribution in [0.15, 0.2) is 30.3 Å². The van der Waals surface area contributed by atoms with Crippen LogP contribution in [0.25, 0.3) is 10.4 Å². The van der Waals surface area contributed by atoms with Gasteiger partial charge in [-0.25, -0.2) is 0 Å². The van der Waals surface area contributed by atoms with Gasteiger partial charge in [-0.05, 0) is 55.0 Å². The van der Waals surface area contributed by atoms with Crippen molar-refractivity contribution in [2.45, 2.75) is 38.6 Å². The monoisotopic (exact) mass is 398 g/mol. The van der Waals surface area contributed by atoms with Crippen molar-refractivity contribution in [3.63, 3.8) is 0 Å². The summed E-state index contributed by atoms with van der Waals surface area (Å²) < 4.78 is 0. The minimum Gasteiger partial charge on any atom is -0.480 e. The van der Waals surface area contributed by atoms with Gasteiger partial charge in [0.15, 0.2) is 0 Å². The number of carboxylic acids is 1. The van der Waals surface area contributed by atoms with Crippen molar-refractivity contribution in [1.29, 1.82) is 0 Å². The molecule has 1 aliphatic heterocycles. The fourth-order valence-electron chi connectivity index (χ4n) is 4.44. The van der Waals surface area contributed by atoms with Gasteiger partial charge >= 0.3 is 5.97 Å². The van der Waals surface area contributed by atoms with Gasteiger partial charge in [0.1, 0.15) is 0 Å². The Bertz CT molecular complexity index is 884. The number of rotatable bonds is 5. The molecule has 1 saturated heterocycles. The highest BCUT2D eigenvalue weighted by atomic mass is 32.1. The van der Waals surface area contributed by atoms with Crippen LogP contribution < -0.4 is 0 Å². The number of carboxylic acid groups (broad SMARTS) is 1. The lowest BCUT2D eigenvalue weighted by Gasteiger charge is -2.37. The van der Waals surface area contributed by atoms with Gasteiger partial charge in [0.05, 0.1) is 11.4 Å². The van der Waals surface area contributed by atoms with E-state index in [2.05, 4.69) is 30.3 Å². The van der Waals surface area contributed by atoms with Crippen LogP contribution in [0.4, 0.5) is 0 Å². The molecular weight excluding hydrogens is 372 g/mol. The van der Waals surface area contributed by atoms with Crippen molar-refractivity contribution in [1.82, 2.24) is 9.80 Å². The van der Waals surface area contributed by atoms with E-state index >= 15 is 0 Å². The number of carbonyl (C=O) groups excluding carboxylic acids is 1. The standard InChI is InChI=1S/C22H26N2O3S/c1-2-23(14-20(25)26)17-9-11-24(12-10-17)22(27)19-13-16-8-7-15-5-3-4-6-18(15)21(16)28-19/h3-6,13,17H,2,7-12,14H2,1H3,(H,25,26). The number of thiophene rings is 1. The Morgan fingerprint density at radius 3 is 2.61 bits per heavy atom. The van der Waals surface area contributed by atoms with Gasteiger partial charge in [-0.2, -0.15) is 0 Å². The van der Waals surface area contributed by atoms with E-state index in [0.717, 1.165) is 37.1 Å². The van der Waals surface area contributed by atoms with Gasteiger partial charge in [-0.15, -0.1) is 11.3 Å². The molecule has 0 spiro atoms. The van der Waals surface area contributed by atoms with Crippen LogP contribution >= 0.6 is 11.3 Å². The van der Waals surface area contributed by atoms with Crippen molar-refractivity contribution in [2.24, 2.45) is 0 Å². The molecule has 148 valence electrons. The van der Waals surface area contributed by atoms with E-state index in [4.69, 9.17) is 5.11 Å². The minimum atomic E-state index is -0.787. The quantitative estimate of drug-likeness (QED) is 0.837. The molecular formula is C22H26N2O3S. The lowest BCUT2D eigenvalue weighted by atomic mass is 9.91. The Labute approximate surface area is 169 Å². The molecule has 0 unspecified atom stereocenters. The molecule has 1 aromatic carbocycles. The number of piperidine rings is 1. The van der Waals surface area contributed by atoms with Crippen molar-refractivity contribution in [2.75, 3.05) is 26.2 Å². The van der Waals surface area contributed by atoms with E-state index in [-0.39, 0.29) is 18.5 Å². The second-order valence-corrected chi connectivity index (χ2v) is 8.65. The molecule has 28 heavy (non-hydrogen) atoms. The minimum absolute atomic E-state index is 0.0756. The fourth-order valence-corrected chi connectivity index (χ4v) is 5.68. The number of aryl methyl sites for hydroxylation is 2. The third-order valence-electron chi connectivity index (χ3n) is 5.96. The first-order chi connectivity index (χ1) is 13.6. The Morgan fingerprint density at radius 2 is 1.89 bits per heavy atom. The zero-order valence-corrected chi connectivity index (χ0v) is 17.0. The van der Waals surface area contributed by atoms with E-state index in [1.807, 2.05) is 16.7 Å². The molecule has 5 nitrogen and oxygen atoms in total. The molecule has 0 atom stereocenters. The smallest absolute Gasteiger partial charge is 0.317 e. The summed E-state index contributed by atoms with van der Waals surface area (Å²) >= 11 is 1.62. The highest BCUT2D eigenvalue weighted by Crippen LogP contribution is 2.40. The van der Waals surface area contributed by atoms with Gasteiger partial charge in [0, 0.05) is 24.0 Å². The molecule has 0 bridgehead atoms. The molecule has 2 aromatic rings. The van der Waals surface area contributed by atoms with Crippen LogP contribution in [0.1, 0.15) is 40.6 Å². The number of likely N-dealkylation sites (tertiary alicyclic amines) is 1. The maximum absolute atomic E-state index is 13.1. The van der Waals surface area contributed by atoms with Crippen molar-refractivity contribution < 1.29 is 14.7 Å². The summed E-state index contributed by atoms with van der Waals surface area (Å²) in [4.78, 5) is 30.2. The summed E-state index contributed by atoms with van der Waals surface area (Å²) in [5.74, 6) is -0.665. The van der Waals surface area contributed by atoms with Crippen LogP contribution in [0.2, 0.25) is 0 Å². The fraction of sp³-hybridized carbons (Fsp3) is 0.455. The SMILES string of the molecule is CCN(CC(=O)O)C1CCN(C(=O)c2cc3c(s2)-c2ccccc2CC3)CC1. The number of fused-ring (bicyclic) bond motifs is 3. The molecule has 2 heterocycles. The summed E-state index contributed by atoms with van der Waals surface area (Å²) in [6.45, 7) is 4.18. The number of hydrogen-bond acceptors (Lipinski definition) is 4. The van der Waals surface area contributed by atoms with E-state index in [1.54, 1.807) is 11.3 Å². The Hall–Kier alpha value is -2.18. The van der Waals surface area contributed by atoms with Crippen LogP contribution in [0.5, 0.6) is 0 Å². The number of nitrogens with zero attached hydrogens (tertiary/aromatic N) is 2. The lowest BCUT2D eigenvalue weighted by molar-refractivity contribution is -0.139. The molecule has 1 aromatic heterocycles. The van der Waals surface area contributed by atoms with Gasteiger partial charge < -0.3 is 10.0 Å². The first-order valence-corrected chi connectivity index (χ1v) is 10.8. The summed E-state index contributed by atoms with van der Waals surface area (Å²) in [7, 11) is 0. The summed E-state index contributed by atoms with van der Waals surface area (Å²) in [5.41, 5.74) is 3.94. The predicted molar refractivity (Wildman–Crippen MR) is 111 cm³/mol. The average Bonchev–Trinajstić information content (AvgIpc) is 3.16. The number of hydrogen-bond donors (Lipinski definition) is 1. The van der Waals surface area contributed by atoms with Gasteiger partial charge in [-0.3, -0.25) is 14.5 Å². The number of amides is 1. The van der Waals surface area contributed by atoms with Gasteiger partial charge in [0.2, 0.25) is 0 Å². The van der Waals surface area contributed by atoms with E-state index in [9.17, 15) is 9.59 Å². The Morgan fingerprint density at radius 1 is 1.18 bits per heavy atom.